The first-order valence-corrected chi connectivity index (χ1v) is 9.84. The number of hydrogen-bond donors (Lipinski definition) is 3. The molecule has 0 radical (unpaired) electrons. The Hall–Kier alpha value is -2.58. The Morgan fingerprint density at radius 1 is 1.07 bits per heavy atom. The summed E-state index contributed by atoms with van der Waals surface area (Å²) in [5.41, 5.74) is 1.44. The summed E-state index contributed by atoms with van der Waals surface area (Å²) < 4.78 is 0. The molecule has 3 aliphatic heterocycles. The molecule has 148 valence electrons. The summed E-state index contributed by atoms with van der Waals surface area (Å²) in [6.07, 6.45) is 3.83. The number of rotatable bonds is 5. The minimum atomic E-state index is -0.933. The molecule has 2 fully saturated rings. The Kier molecular flexibility index (Phi) is 5.23. The lowest BCUT2D eigenvalue weighted by Gasteiger charge is -2.27. The number of nitrogens with one attached hydrogen (secondary N) is 3. The van der Waals surface area contributed by atoms with E-state index >= 15 is 0 Å². The van der Waals surface area contributed by atoms with Crippen molar-refractivity contribution in [3.63, 3.8) is 0 Å². The van der Waals surface area contributed by atoms with Crippen molar-refractivity contribution < 1.29 is 19.2 Å². The maximum atomic E-state index is 13.0. The number of nitrogens with zero attached hydrogens (tertiary/aromatic N) is 1. The van der Waals surface area contributed by atoms with Gasteiger partial charge in [0.25, 0.3) is 11.8 Å². The summed E-state index contributed by atoms with van der Waals surface area (Å²) in [7, 11) is 0. The van der Waals surface area contributed by atoms with Gasteiger partial charge < -0.3 is 10.6 Å². The molecule has 0 spiro atoms. The SMILES string of the molecule is O=C1CCC(N2C(=O)c3cccc(CNCC4CCCCN4)c3C2=O)C(=O)N1. The van der Waals surface area contributed by atoms with Crippen molar-refractivity contribution >= 4 is 23.6 Å². The van der Waals surface area contributed by atoms with Gasteiger partial charge in [0.1, 0.15) is 6.04 Å². The van der Waals surface area contributed by atoms with Crippen molar-refractivity contribution in [1.82, 2.24) is 20.9 Å². The van der Waals surface area contributed by atoms with E-state index in [1.54, 1.807) is 12.1 Å². The topological polar surface area (TPSA) is 108 Å². The van der Waals surface area contributed by atoms with Gasteiger partial charge in [-0.1, -0.05) is 18.6 Å². The second kappa shape index (κ2) is 7.81. The van der Waals surface area contributed by atoms with Gasteiger partial charge in [-0.05, 0) is 37.4 Å². The molecule has 8 heteroatoms. The highest BCUT2D eigenvalue weighted by Crippen LogP contribution is 2.29. The van der Waals surface area contributed by atoms with Gasteiger partial charge >= 0.3 is 0 Å². The van der Waals surface area contributed by atoms with E-state index in [0.29, 0.717) is 23.7 Å². The van der Waals surface area contributed by atoms with Crippen LogP contribution in [0.15, 0.2) is 18.2 Å². The molecule has 8 nitrogen and oxygen atoms in total. The maximum absolute atomic E-state index is 13.0. The van der Waals surface area contributed by atoms with Crippen LogP contribution < -0.4 is 16.0 Å². The fourth-order valence-electron chi connectivity index (χ4n) is 4.21. The van der Waals surface area contributed by atoms with E-state index < -0.39 is 23.8 Å². The molecule has 2 atom stereocenters. The second-order valence-corrected chi connectivity index (χ2v) is 7.56. The summed E-state index contributed by atoms with van der Waals surface area (Å²) in [6.45, 7) is 2.30. The molecule has 3 heterocycles. The second-order valence-electron chi connectivity index (χ2n) is 7.56. The summed E-state index contributed by atoms with van der Waals surface area (Å²) in [4.78, 5) is 50.4. The summed E-state index contributed by atoms with van der Waals surface area (Å²) >= 11 is 0. The van der Waals surface area contributed by atoms with Gasteiger partial charge in [-0.15, -0.1) is 0 Å². The van der Waals surface area contributed by atoms with Crippen LogP contribution in [0.25, 0.3) is 0 Å². The lowest BCUT2D eigenvalue weighted by atomic mass is 10.0. The molecule has 0 aromatic heterocycles. The molecule has 28 heavy (non-hydrogen) atoms. The number of carbonyl (C=O) groups is 4. The van der Waals surface area contributed by atoms with Gasteiger partial charge in [-0.2, -0.15) is 0 Å². The average molecular weight is 384 g/mol. The summed E-state index contributed by atoms with van der Waals surface area (Å²) in [6, 6.07) is 4.70. The summed E-state index contributed by atoms with van der Waals surface area (Å²) in [5, 5.41) is 9.06. The zero-order valence-corrected chi connectivity index (χ0v) is 15.6. The van der Waals surface area contributed by atoms with Crippen LogP contribution in [-0.4, -0.2) is 53.7 Å². The molecule has 3 N–H and O–H groups in total. The van der Waals surface area contributed by atoms with Crippen LogP contribution in [0, 0.1) is 0 Å². The van der Waals surface area contributed by atoms with E-state index in [0.717, 1.165) is 30.0 Å². The largest absolute Gasteiger partial charge is 0.313 e. The van der Waals surface area contributed by atoms with E-state index in [-0.39, 0.29) is 18.7 Å². The van der Waals surface area contributed by atoms with Gasteiger partial charge in [0.05, 0.1) is 11.1 Å². The minimum absolute atomic E-state index is 0.118. The number of carbonyl (C=O) groups excluding carboxylic acids is 4. The predicted molar refractivity (Wildman–Crippen MR) is 100 cm³/mol. The van der Waals surface area contributed by atoms with E-state index in [2.05, 4.69) is 16.0 Å². The van der Waals surface area contributed by atoms with Crippen LogP contribution in [0.3, 0.4) is 0 Å². The standard InChI is InChI=1S/C20H24N4O4/c25-16-8-7-15(18(26)23-16)24-19(27)14-6-3-4-12(17(14)20(24)28)10-21-11-13-5-1-2-9-22-13/h3-4,6,13,15,21-22H,1-2,5,7-11H2,(H,23,25,26). The fourth-order valence-corrected chi connectivity index (χ4v) is 4.21. The number of amides is 4. The number of piperidine rings is 2. The molecule has 4 rings (SSSR count). The third kappa shape index (κ3) is 3.45. The third-order valence-electron chi connectivity index (χ3n) is 5.67. The van der Waals surface area contributed by atoms with Crippen molar-refractivity contribution in [2.24, 2.45) is 0 Å². The van der Waals surface area contributed by atoms with Crippen LogP contribution in [-0.2, 0) is 16.1 Å². The van der Waals surface area contributed by atoms with Crippen LogP contribution in [0.1, 0.15) is 58.4 Å². The predicted octanol–water partition coefficient (Wildman–Crippen LogP) is 0.320. The Balaban J connectivity index is 1.49. The number of imide groups is 2. The number of fused-ring (bicyclic) bond motifs is 1. The highest BCUT2D eigenvalue weighted by atomic mass is 16.2. The van der Waals surface area contributed by atoms with E-state index in [9.17, 15) is 19.2 Å². The maximum Gasteiger partial charge on any atom is 0.262 e. The Morgan fingerprint density at radius 2 is 1.93 bits per heavy atom. The van der Waals surface area contributed by atoms with Crippen LogP contribution in [0.5, 0.6) is 0 Å². The highest BCUT2D eigenvalue weighted by Gasteiger charge is 2.45. The lowest BCUT2D eigenvalue weighted by Crippen LogP contribution is -2.54. The third-order valence-corrected chi connectivity index (χ3v) is 5.67. The van der Waals surface area contributed by atoms with Gasteiger partial charge in [0, 0.05) is 25.6 Å². The minimum Gasteiger partial charge on any atom is -0.313 e. The van der Waals surface area contributed by atoms with E-state index in [4.69, 9.17) is 0 Å². The quantitative estimate of drug-likeness (QED) is 0.631. The molecule has 2 unspecified atom stereocenters. The van der Waals surface area contributed by atoms with E-state index in [1.165, 1.54) is 12.8 Å². The molecular weight excluding hydrogens is 360 g/mol. The van der Waals surface area contributed by atoms with Crippen molar-refractivity contribution in [3.8, 4) is 0 Å². The molecule has 0 aliphatic carbocycles. The van der Waals surface area contributed by atoms with Crippen molar-refractivity contribution in [1.29, 1.82) is 0 Å². The summed E-state index contributed by atoms with van der Waals surface area (Å²) in [5.74, 6) is -1.89. The van der Waals surface area contributed by atoms with Crippen molar-refractivity contribution in [2.75, 3.05) is 13.1 Å². The molecule has 2 saturated heterocycles. The lowest BCUT2D eigenvalue weighted by molar-refractivity contribution is -0.136. The molecular formula is C20H24N4O4. The van der Waals surface area contributed by atoms with Crippen LogP contribution >= 0.6 is 0 Å². The first-order valence-electron chi connectivity index (χ1n) is 9.84. The molecule has 0 saturated carbocycles. The van der Waals surface area contributed by atoms with Gasteiger partial charge in [0.2, 0.25) is 11.8 Å². The number of benzene rings is 1. The smallest absolute Gasteiger partial charge is 0.262 e. The number of hydrogen-bond acceptors (Lipinski definition) is 6. The van der Waals surface area contributed by atoms with Crippen molar-refractivity contribution in [3.05, 3.63) is 34.9 Å². The molecule has 1 aromatic rings. The zero-order chi connectivity index (χ0) is 19.7. The van der Waals surface area contributed by atoms with E-state index in [1.807, 2.05) is 6.07 Å². The Morgan fingerprint density at radius 3 is 2.68 bits per heavy atom. The Bertz CT molecular complexity index is 831. The average Bonchev–Trinajstić information content (AvgIpc) is 2.94. The normalized spacial score (nSPS) is 25.1. The van der Waals surface area contributed by atoms with Gasteiger partial charge in [-0.25, -0.2) is 0 Å². The molecule has 3 aliphatic rings. The fraction of sp³-hybridized carbons (Fsp3) is 0.500. The van der Waals surface area contributed by atoms with Gasteiger partial charge in [0.15, 0.2) is 0 Å². The van der Waals surface area contributed by atoms with Gasteiger partial charge in [-0.3, -0.25) is 29.4 Å². The molecule has 4 amide bonds. The van der Waals surface area contributed by atoms with Crippen molar-refractivity contribution in [2.45, 2.75) is 50.7 Å². The zero-order valence-electron chi connectivity index (χ0n) is 15.6. The highest BCUT2D eigenvalue weighted by molar-refractivity contribution is 6.24. The van der Waals surface area contributed by atoms with Crippen LogP contribution in [0.2, 0.25) is 0 Å². The monoisotopic (exact) mass is 384 g/mol. The molecule has 0 bridgehead atoms. The molecule has 1 aromatic carbocycles. The Labute approximate surface area is 163 Å². The first kappa shape index (κ1) is 18.8. The first-order chi connectivity index (χ1) is 13.6. The van der Waals surface area contributed by atoms with Crippen LogP contribution in [0.4, 0.5) is 0 Å².